The zero-order valence-electron chi connectivity index (χ0n) is 10.7. The lowest BCUT2D eigenvalue weighted by atomic mass is 9.96. The Morgan fingerprint density at radius 3 is 2.56 bits per heavy atom. The van der Waals surface area contributed by atoms with E-state index in [0.717, 1.165) is 11.2 Å². The van der Waals surface area contributed by atoms with Crippen molar-refractivity contribution in [2.24, 2.45) is 5.92 Å². The maximum atomic E-state index is 3.66. The van der Waals surface area contributed by atoms with Crippen molar-refractivity contribution in [2.45, 2.75) is 26.2 Å². The Hall–Kier alpha value is -0.600. The fourth-order valence-corrected chi connectivity index (χ4v) is 3.37. The minimum Gasteiger partial charge on any atom is -0.149 e. The van der Waals surface area contributed by atoms with Crippen molar-refractivity contribution in [3.63, 3.8) is 0 Å². The Bertz CT molecular complexity index is 444. The Morgan fingerprint density at radius 2 is 1.94 bits per heavy atom. The predicted molar refractivity (Wildman–Crippen MR) is 84.8 cm³/mol. The average molecular weight is 323 g/mol. The van der Waals surface area contributed by atoms with E-state index in [1.54, 1.807) is 0 Å². The predicted octanol–water partition coefficient (Wildman–Crippen LogP) is 5.24. The van der Waals surface area contributed by atoms with Gasteiger partial charge in [-0.1, -0.05) is 51.8 Å². The van der Waals surface area contributed by atoms with E-state index in [0.29, 0.717) is 0 Å². The minimum atomic E-state index is 0.731. The molecule has 2 rings (SSSR count). The fraction of sp³-hybridized carbons (Fsp3) is 0.375. The van der Waals surface area contributed by atoms with Gasteiger partial charge in [0.2, 0.25) is 0 Å². The van der Waals surface area contributed by atoms with Gasteiger partial charge in [-0.2, -0.15) is 0 Å². The number of alkyl halides is 1. The highest BCUT2D eigenvalue weighted by molar-refractivity contribution is 9.09. The molecule has 0 N–H and O–H groups in total. The molecular weight excluding hydrogens is 304 g/mol. The van der Waals surface area contributed by atoms with Crippen LogP contribution in [0.2, 0.25) is 0 Å². The third-order valence-corrected chi connectivity index (χ3v) is 5.09. The monoisotopic (exact) mass is 322 g/mol. The summed E-state index contributed by atoms with van der Waals surface area (Å²) in [5.41, 5.74) is 2.80. The molecule has 96 valence electrons. The number of thiophene rings is 1. The van der Waals surface area contributed by atoms with E-state index in [-0.39, 0.29) is 0 Å². The van der Waals surface area contributed by atoms with Crippen molar-refractivity contribution in [3.8, 4) is 0 Å². The van der Waals surface area contributed by atoms with Crippen molar-refractivity contribution < 1.29 is 0 Å². The molecule has 1 aromatic carbocycles. The lowest BCUT2D eigenvalue weighted by Crippen LogP contribution is -2.07. The molecule has 1 heterocycles. The number of hydrogen-bond donors (Lipinski definition) is 0. The molecule has 1 aromatic heterocycles. The van der Waals surface area contributed by atoms with Gasteiger partial charge in [0.25, 0.3) is 0 Å². The van der Waals surface area contributed by atoms with E-state index < -0.39 is 0 Å². The molecule has 0 spiro atoms. The van der Waals surface area contributed by atoms with Crippen LogP contribution in [0.5, 0.6) is 0 Å². The van der Waals surface area contributed by atoms with Gasteiger partial charge in [0.15, 0.2) is 0 Å². The summed E-state index contributed by atoms with van der Waals surface area (Å²) in [6.07, 6.45) is 3.65. The number of halogens is 1. The van der Waals surface area contributed by atoms with Gasteiger partial charge in [-0.25, -0.2) is 0 Å². The van der Waals surface area contributed by atoms with Crippen LogP contribution in [0.1, 0.15) is 22.4 Å². The molecule has 0 nitrogen and oxygen atoms in total. The number of hydrogen-bond acceptors (Lipinski definition) is 1. The van der Waals surface area contributed by atoms with E-state index in [2.05, 4.69) is 64.6 Å². The van der Waals surface area contributed by atoms with E-state index >= 15 is 0 Å². The maximum Gasteiger partial charge on any atom is 0.00629 e. The molecule has 0 aliphatic rings. The molecule has 0 amide bonds. The zero-order chi connectivity index (χ0) is 12.8. The molecule has 0 fully saturated rings. The second-order valence-corrected chi connectivity index (χ2v) is 6.51. The first kappa shape index (κ1) is 13.8. The first-order chi connectivity index (χ1) is 8.78. The smallest absolute Gasteiger partial charge is 0.00629 e. The maximum absolute atomic E-state index is 3.66. The standard InChI is InChI=1S/C16H19BrS/c1-13-4-6-14(7-5-13)11-15(12-17)8-9-16-3-2-10-18-16/h2-7,10,15H,8-9,11-12H2,1H3. The molecule has 18 heavy (non-hydrogen) atoms. The lowest BCUT2D eigenvalue weighted by molar-refractivity contribution is 0.545. The second-order valence-electron chi connectivity index (χ2n) is 4.83. The number of rotatable bonds is 6. The van der Waals surface area contributed by atoms with Gasteiger partial charge in [0.05, 0.1) is 0 Å². The highest BCUT2D eigenvalue weighted by atomic mass is 79.9. The Morgan fingerprint density at radius 1 is 1.17 bits per heavy atom. The summed E-state index contributed by atoms with van der Waals surface area (Å²) in [5, 5.41) is 3.25. The molecule has 0 saturated heterocycles. The van der Waals surface area contributed by atoms with Crippen molar-refractivity contribution in [3.05, 3.63) is 57.8 Å². The van der Waals surface area contributed by atoms with Gasteiger partial charge in [-0.3, -0.25) is 0 Å². The van der Waals surface area contributed by atoms with Crippen LogP contribution in [-0.2, 0) is 12.8 Å². The quantitative estimate of drug-likeness (QED) is 0.638. The SMILES string of the molecule is Cc1ccc(CC(CBr)CCc2cccs2)cc1. The molecule has 1 unspecified atom stereocenters. The third-order valence-electron chi connectivity index (χ3n) is 3.24. The summed E-state index contributed by atoms with van der Waals surface area (Å²) in [6, 6.07) is 13.3. The van der Waals surface area contributed by atoms with E-state index in [1.165, 1.54) is 35.3 Å². The van der Waals surface area contributed by atoms with Crippen LogP contribution < -0.4 is 0 Å². The molecule has 0 saturated carbocycles. The summed E-state index contributed by atoms with van der Waals surface area (Å²) < 4.78 is 0. The summed E-state index contributed by atoms with van der Waals surface area (Å²) in [6.45, 7) is 2.14. The van der Waals surface area contributed by atoms with Gasteiger partial charge in [-0.15, -0.1) is 11.3 Å². The molecule has 0 aliphatic heterocycles. The van der Waals surface area contributed by atoms with Crippen molar-refractivity contribution in [1.29, 1.82) is 0 Å². The molecule has 1 atom stereocenters. The molecule has 0 bridgehead atoms. The van der Waals surface area contributed by atoms with Crippen molar-refractivity contribution in [1.82, 2.24) is 0 Å². The second kappa shape index (κ2) is 7.10. The largest absolute Gasteiger partial charge is 0.149 e. The normalized spacial score (nSPS) is 12.6. The summed E-state index contributed by atoms with van der Waals surface area (Å²) >= 11 is 5.52. The zero-order valence-corrected chi connectivity index (χ0v) is 13.1. The highest BCUT2D eigenvalue weighted by Gasteiger charge is 2.09. The van der Waals surface area contributed by atoms with Gasteiger partial charge < -0.3 is 0 Å². The van der Waals surface area contributed by atoms with Crippen LogP contribution in [0.4, 0.5) is 0 Å². The molecule has 2 heteroatoms. The first-order valence-electron chi connectivity index (χ1n) is 6.42. The van der Waals surface area contributed by atoms with Crippen LogP contribution in [0.15, 0.2) is 41.8 Å². The minimum absolute atomic E-state index is 0.731. The summed E-state index contributed by atoms with van der Waals surface area (Å²) in [4.78, 5) is 1.50. The summed E-state index contributed by atoms with van der Waals surface area (Å²) in [5.74, 6) is 0.731. The van der Waals surface area contributed by atoms with E-state index in [9.17, 15) is 0 Å². The van der Waals surface area contributed by atoms with Crippen molar-refractivity contribution >= 4 is 27.3 Å². The fourth-order valence-electron chi connectivity index (χ4n) is 2.09. The highest BCUT2D eigenvalue weighted by Crippen LogP contribution is 2.20. The van der Waals surface area contributed by atoms with Crippen LogP contribution in [0, 0.1) is 12.8 Å². The average Bonchev–Trinajstić information content (AvgIpc) is 2.90. The Balaban J connectivity index is 1.87. The third kappa shape index (κ3) is 4.25. The van der Waals surface area contributed by atoms with Crippen LogP contribution in [0.3, 0.4) is 0 Å². The molecule has 0 radical (unpaired) electrons. The van der Waals surface area contributed by atoms with Crippen LogP contribution >= 0.6 is 27.3 Å². The topological polar surface area (TPSA) is 0 Å². The van der Waals surface area contributed by atoms with Crippen LogP contribution in [-0.4, -0.2) is 5.33 Å². The molecular formula is C16H19BrS. The van der Waals surface area contributed by atoms with Crippen molar-refractivity contribution in [2.75, 3.05) is 5.33 Å². The summed E-state index contributed by atoms with van der Waals surface area (Å²) in [7, 11) is 0. The van der Waals surface area contributed by atoms with Gasteiger partial charge in [0, 0.05) is 10.2 Å². The number of aryl methyl sites for hydroxylation is 2. The first-order valence-corrected chi connectivity index (χ1v) is 8.42. The van der Waals surface area contributed by atoms with E-state index in [4.69, 9.17) is 0 Å². The van der Waals surface area contributed by atoms with E-state index in [1.807, 2.05) is 11.3 Å². The molecule has 0 aliphatic carbocycles. The number of benzene rings is 1. The van der Waals surface area contributed by atoms with Crippen LogP contribution in [0.25, 0.3) is 0 Å². The molecule has 2 aromatic rings. The Labute approximate surface area is 122 Å². The van der Waals surface area contributed by atoms with Gasteiger partial charge in [0.1, 0.15) is 0 Å². The lowest BCUT2D eigenvalue weighted by Gasteiger charge is -2.13. The Kier molecular flexibility index (Phi) is 5.45. The van der Waals surface area contributed by atoms with Gasteiger partial charge in [-0.05, 0) is 49.1 Å². The van der Waals surface area contributed by atoms with Gasteiger partial charge >= 0.3 is 0 Å².